The molecule has 0 N–H and O–H groups in total. The maximum atomic E-state index is 12.9. The first-order chi connectivity index (χ1) is 12.9. The summed E-state index contributed by atoms with van der Waals surface area (Å²) < 4.78 is 29.1. The fourth-order valence-electron chi connectivity index (χ4n) is 3.66. The van der Waals surface area contributed by atoms with E-state index in [1.807, 2.05) is 18.4 Å². The van der Waals surface area contributed by atoms with Crippen LogP contribution >= 0.6 is 0 Å². The second kappa shape index (κ2) is 7.20. The second-order valence-corrected chi connectivity index (χ2v) is 9.41. The molecule has 1 aliphatic carbocycles. The van der Waals surface area contributed by atoms with Crippen molar-refractivity contribution in [2.45, 2.75) is 50.6 Å². The quantitative estimate of drug-likeness (QED) is 0.789. The van der Waals surface area contributed by atoms with E-state index >= 15 is 0 Å². The highest BCUT2D eigenvalue weighted by Crippen LogP contribution is 2.24. The van der Waals surface area contributed by atoms with Gasteiger partial charge in [-0.15, -0.1) is 5.10 Å². The summed E-state index contributed by atoms with van der Waals surface area (Å²) in [5, 5.41) is 8.89. The maximum Gasteiger partial charge on any atom is 0.262 e. The van der Waals surface area contributed by atoms with Crippen LogP contribution in [0.3, 0.4) is 0 Å². The number of hydrogen-bond donors (Lipinski definition) is 0. The van der Waals surface area contributed by atoms with Gasteiger partial charge in [0.1, 0.15) is 0 Å². The van der Waals surface area contributed by atoms with Gasteiger partial charge in [0, 0.05) is 38.4 Å². The molecule has 0 spiro atoms. The normalized spacial score (nSPS) is 18.7. The summed E-state index contributed by atoms with van der Waals surface area (Å²) in [7, 11) is -3.56. The number of aryl methyl sites for hydroxylation is 2. The standard InChI is InChI=1S/C18H26N6O2S/c1-14(2)23-12-18(19-13-23)27(25,26)24-9-7-22(8-10-24)17-11-15-5-3-4-6-16(15)20-21-17/h11-14H,3-10H2,1-2H3. The zero-order valence-electron chi connectivity index (χ0n) is 15.9. The molecular formula is C18H26N6O2S. The lowest BCUT2D eigenvalue weighted by Crippen LogP contribution is -2.49. The Hall–Kier alpha value is -2.00. The van der Waals surface area contributed by atoms with Gasteiger partial charge in [0.2, 0.25) is 0 Å². The molecule has 0 amide bonds. The van der Waals surface area contributed by atoms with E-state index in [2.05, 4.69) is 26.1 Å². The first-order valence-electron chi connectivity index (χ1n) is 9.59. The third-order valence-corrected chi connectivity index (χ3v) is 7.18. The Morgan fingerprint density at radius 2 is 1.78 bits per heavy atom. The number of piperazine rings is 1. The van der Waals surface area contributed by atoms with Crippen molar-refractivity contribution in [2.24, 2.45) is 0 Å². The highest BCUT2D eigenvalue weighted by Gasteiger charge is 2.31. The van der Waals surface area contributed by atoms with Crippen molar-refractivity contribution in [1.29, 1.82) is 0 Å². The molecule has 0 atom stereocenters. The lowest BCUT2D eigenvalue weighted by Gasteiger charge is -2.34. The zero-order valence-corrected chi connectivity index (χ0v) is 16.7. The van der Waals surface area contributed by atoms with Gasteiger partial charge in [-0.05, 0) is 51.2 Å². The van der Waals surface area contributed by atoms with Crippen LogP contribution in [-0.2, 0) is 22.9 Å². The van der Waals surface area contributed by atoms with Crippen LogP contribution < -0.4 is 4.90 Å². The van der Waals surface area contributed by atoms with Gasteiger partial charge in [0.05, 0.1) is 12.0 Å². The molecule has 146 valence electrons. The summed E-state index contributed by atoms with van der Waals surface area (Å²) in [5.74, 6) is 0.858. The monoisotopic (exact) mass is 390 g/mol. The Balaban J connectivity index is 1.45. The number of fused-ring (bicyclic) bond motifs is 1. The summed E-state index contributed by atoms with van der Waals surface area (Å²) in [6, 6.07) is 2.32. The molecule has 1 aliphatic heterocycles. The average molecular weight is 391 g/mol. The minimum absolute atomic E-state index is 0.123. The number of sulfonamides is 1. The van der Waals surface area contributed by atoms with Gasteiger partial charge >= 0.3 is 0 Å². The molecule has 0 radical (unpaired) electrons. The van der Waals surface area contributed by atoms with E-state index < -0.39 is 10.0 Å². The van der Waals surface area contributed by atoms with Crippen LogP contribution in [0.15, 0.2) is 23.6 Å². The van der Waals surface area contributed by atoms with Gasteiger partial charge in [-0.3, -0.25) is 0 Å². The lowest BCUT2D eigenvalue weighted by molar-refractivity contribution is 0.382. The zero-order chi connectivity index (χ0) is 19.0. The number of aromatic nitrogens is 4. The molecule has 1 saturated heterocycles. The Kier molecular flexibility index (Phi) is 4.90. The highest BCUT2D eigenvalue weighted by molar-refractivity contribution is 7.89. The van der Waals surface area contributed by atoms with Crippen LogP contribution in [0.4, 0.5) is 5.82 Å². The Bertz CT molecular complexity index is 916. The number of hydrogen-bond acceptors (Lipinski definition) is 6. The van der Waals surface area contributed by atoms with Gasteiger partial charge in [-0.25, -0.2) is 13.4 Å². The van der Waals surface area contributed by atoms with E-state index in [1.54, 1.807) is 12.5 Å². The Morgan fingerprint density at radius 1 is 1.04 bits per heavy atom. The first-order valence-corrected chi connectivity index (χ1v) is 11.0. The SMILES string of the molecule is CC(C)n1cnc(S(=O)(=O)N2CCN(c3cc4c(nn3)CCCC4)CC2)c1. The molecule has 8 nitrogen and oxygen atoms in total. The van der Waals surface area contributed by atoms with Gasteiger partial charge in [0.25, 0.3) is 10.0 Å². The molecular weight excluding hydrogens is 364 g/mol. The van der Waals surface area contributed by atoms with Crippen molar-refractivity contribution in [1.82, 2.24) is 24.1 Å². The van der Waals surface area contributed by atoms with E-state index in [-0.39, 0.29) is 11.1 Å². The molecule has 1 fully saturated rings. The minimum atomic E-state index is -3.56. The predicted octanol–water partition coefficient (Wildman–Crippen LogP) is 1.64. The summed E-state index contributed by atoms with van der Waals surface area (Å²) in [5.41, 5.74) is 2.41. The first kappa shape index (κ1) is 18.4. The van der Waals surface area contributed by atoms with Crippen molar-refractivity contribution in [3.05, 3.63) is 29.8 Å². The molecule has 2 aromatic rings. The Morgan fingerprint density at radius 3 is 2.48 bits per heavy atom. The second-order valence-electron chi connectivity index (χ2n) is 7.53. The molecule has 0 unspecified atom stereocenters. The topological polar surface area (TPSA) is 84.2 Å². The largest absolute Gasteiger partial charge is 0.352 e. The van der Waals surface area contributed by atoms with Crippen molar-refractivity contribution >= 4 is 15.8 Å². The number of nitrogens with zero attached hydrogens (tertiary/aromatic N) is 6. The minimum Gasteiger partial charge on any atom is -0.352 e. The summed E-state index contributed by atoms with van der Waals surface area (Å²) in [6.45, 7) is 6.06. The molecule has 0 aromatic carbocycles. The van der Waals surface area contributed by atoms with Crippen molar-refractivity contribution in [2.75, 3.05) is 31.1 Å². The molecule has 3 heterocycles. The van der Waals surface area contributed by atoms with E-state index in [0.717, 1.165) is 24.4 Å². The summed E-state index contributed by atoms with van der Waals surface area (Å²) in [6.07, 6.45) is 7.65. The van der Waals surface area contributed by atoms with Gasteiger partial charge in [0.15, 0.2) is 10.8 Å². The van der Waals surface area contributed by atoms with Gasteiger partial charge in [-0.2, -0.15) is 9.40 Å². The van der Waals surface area contributed by atoms with Crippen molar-refractivity contribution in [3.63, 3.8) is 0 Å². The molecule has 0 bridgehead atoms. The van der Waals surface area contributed by atoms with Crippen LogP contribution in [0.1, 0.15) is 44.0 Å². The molecule has 0 saturated carbocycles. The fourth-order valence-corrected chi connectivity index (χ4v) is 5.00. The third-order valence-electron chi connectivity index (χ3n) is 5.40. The molecule has 2 aromatic heterocycles. The summed E-state index contributed by atoms with van der Waals surface area (Å²) >= 11 is 0. The molecule has 27 heavy (non-hydrogen) atoms. The van der Waals surface area contributed by atoms with Gasteiger partial charge in [-0.1, -0.05) is 0 Å². The van der Waals surface area contributed by atoms with Crippen LogP contribution in [0.2, 0.25) is 0 Å². The fraction of sp³-hybridized carbons (Fsp3) is 0.611. The lowest BCUT2D eigenvalue weighted by atomic mass is 9.97. The number of imidazole rings is 1. The third kappa shape index (κ3) is 3.58. The summed E-state index contributed by atoms with van der Waals surface area (Å²) in [4.78, 5) is 6.23. The predicted molar refractivity (Wildman–Crippen MR) is 102 cm³/mol. The maximum absolute atomic E-state index is 12.9. The van der Waals surface area contributed by atoms with E-state index in [4.69, 9.17) is 0 Å². The van der Waals surface area contributed by atoms with Crippen molar-refractivity contribution in [3.8, 4) is 0 Å². The smallest absolute Gasteiger partial charge is 0.262 e. The molecule has 2 aliphatic rings. The Labute approximate surface area is 160 Å². The van der Waals surface area contributed by atoms with Crippen LogP contribution in [0, 0.1) is 0 Å². The molecule has 9 heteroatoms. The highest BCUT2D eigenvalue weighted by atomic mass is 32.2. The van der Waals surface area contributed by atoms with Crippen molar-refractivity contribution < 1.29 is 8.42 Å². The van der Waals surface area contributed by atoms with Gasteiger partial charge < -0.3 is 9.47 Å². The van der Waals surface area contributed by atoms with E-state index in [9.17, 15) is 8.42 Å². The number of anilines is 1. The van der Waals surface area contributed by atoms with Crippen LogP contribution in [0.5, 0.6) is 0 Å². The van der Waals surface area contributed by atoms with E-state index in [1.165, 1.54) is 22.7 Å². The van der Waals surface area contributed by atoms with Crippen LogP contribution in [-0.4, -0.2) is 58.7 Å². The molecule has 4 rings (SSSR count). The van der Waals surface area contributed by atoms with E-state index in [0.29, 0.717) is 26.2 Å². The van der Waals surface area contributed by atoms with Crippen LogP contribution in [0.25, 0.3) is 0 Å². The number of rotatable bonds is 4. The average Bonchev–Trinajstić information content (AvgIpc) is 3.19.